The van der Waals surface area contributed by atoms with Gasteiger partial charge in [-0.25, -0.2) is 0 Å². The summed E-state index contributed by atoms with van der Waals surface area (Å²) in [6.07, 6.45) is 3.10. The van der Waals surface area contributed by atoms with E-state index in [1.165, 1.54) is 0 Å². The Morgan fingerprint density at radius 1 is 0.500 bits per heavy atom. The van der Waals surface area contributed by atoms with Crippen LogP contribution in [0.1, 0.15) is 32.6 Å². The standard InChI is InChI=1S/C16H34O6/c1-12(17-2)8-13(18-3)9-14(19-4)10-15(20-5)11-16(21-6)22-7/h12-16H,8-11H2,1-7H3. The van der Waals surface area contributed by atoms with Gasteiger partial charge in [0.25, 0.3) is 0 Å². The van der Waals surface area contributed by atoms with Crippen LogP contribution in [-0.4, -0.2) is 73.4 Å². The van der Waals surface area contributed by atoms with Gasteiger partial charge in [0.15, 0.2) is 6.29 Å². The third-order valence-electron chi connectivity index (χ3n) is 4.03. The van der Waals surface area contributed by atoms with Gasteiger partial charge in [-0.2, -0.15) is 0 Å². The Bertz CT molecular complexity index is 247. The minimum atomic E-state index is -0.269. The second-order valence-corrected chi connectivity index (χ2v) is 5.46. The normalized spacial score (nSPS) is 17.5. The second kappa shape index (κ2) is 13.2. The lowest BCUT2D eigenvalue weighted by Crippen LogP contribution is -2.31. The van der Waals surface area contributed by atoms with E-state index >= 15 is 0 Å². The maximum Gasteiger partial charge on any atom is 0.159 e. The van der Waals surface area contributed by atoms with Crippen LogP contribution in [0.25, 0.3) is 0 Å². The maximum absolute atomic E-state index is 5.60. The fraction of sp³-hybridized carbons (Fsp3) is 1.00. The van der Waals surface area contributed by atoms with E-state index in [4.69, 9.17) is 28.4 Å². The minimum absolute atomic E-state index is 0.00667. The highest BCUT2D eigenvalue weighted by atomic mass is 16.7. The van der Waals surface area contributed by atoms with Crippen LogP contribution in [0.3, 0.4) is 0 Å². The lowest BCUT2D eigenvalue weighted by molar-refractivity contribution is -0.131. The topological polar surface area (TPSA) is 55.4 Å². The van der Waals surface area contributed by atoms with Crippen molar-refractivity contribution in [3.63, 3.8) is 0 Å². The molecule has 0 amide bonds. The summed E-state index contributed by atoms with van der Waals surface area (Å²) in [6, 6.07) is 0. The molecule has 0 aromatic heterocycles. The van der Waals surface area contributed by atoms with Crippen molar-refractivity contribution in [2.45, 2.75) is 63.3 Å². The average Bonchev–Trinajstić information content (AvgIpc) is 2.56. The monoisotopic (exact) mass is 322 g/mol. The number of hydrogen-bond acceptors (Lipinski definition) is 6. The van der Waals surface area contributed by atoms with E-state index in [1.807, 2.05) is 6.92 Å². The van der Waals surface area contributed by atoms with E-state index in [2.05, 4.69) is 0 Å². The molecule has 0 aliphatic rings. The molecular formula is C16H34O6. The molecule has 0 aliphatic heterocycles. The zero-order valence-corrected chi connectivity index (χ0v) is 15.2. The molecule has 0 saturated carbocycles. The lowest BCUT2D eigenvalue weighted by atomic mass is 10.00. The van der Waals surface area contributed by atoms with Gasteiger partial charge in [0.05, 0.1) is 24.4 Å². The lowest BCUT2D eigenvalue weighted by Gasteiger charge is -2.27. The zero-order chi connectivity index (χ0) is 17.0. The van der Waals surface area contributed by atoms with E-state index < -0.39 is 0 Å². The maximum atomic E-state index is 5.60. The summed E-state index contributed by atoms with van der Waals surface area (Å²) >= 11 is 0. The third-order valence-corrected chi connectivity index (χ3v) is 4.03. The molecule has 6 nitrogen and oxygen atoms in total. The number of methoxy groups -OCH3 is 6. The summed E-state index contributed by atoms with van der Waals surface area (Å²) in [7, 11) is 10.1. The SMILES string of the molecule is COC(C)CC(CC(CC(CC(OC)OC)OC)OC)OC. The molecule has 0 saturated heterocycles. The van der Waals surface area contributed by atoms with E-state index in [1.54, 1.807) is 42.7 Å². The largest absolute Gasteiger partial charge is 0.382 e. The van der Waals surface area contributed by atoms with Crippen LogP contribution in [0.5, 0.6) is 0 Å². The summed E-state index contributed by atoms with van der Waals surface area (Å²) < 4.78 is 32.4. The van der Waals surface area contributed by atoms with Gasteiger partial charge in [0.1, 0.15) is 0 Å². The highest BCUT2D eigenvalue weighted by molar-refractivity contribution is 4.73. The first-order chi connectivity index (χ1) is 10.5. The molecule has 0 N–H and O–H groups in total. The minimum Gasteiger partial charge on any atom is -0.382 e. The van der Waals surface area contributed by atoms with Crippen molar-refractivity contribution in [1.82, 2.24) is 0 Å². The number of hydrogen-bond donors (Lipinski definition) is 0. The molecule has 0 bridgehead atoms. The summed E-state index contributed by atoms with van der Waals surface area (Å²) in [6.45, 7) is 2.04. The number of ether oxygens (including phenoxy) is 6. The first-order valence-corrected chi connectivity index (χ1v) is 7.71. The van der Waals surface area contributed by atoms with Gasteiger partial charge in [-0.05, 0) is 19.8 Å². The first-order valence-electron chi connectivity index (χ1n) is 7.71. The summed E-state index contributed by atoms with van der Waals surface area (Å²) in [5.41, 5.74) is 0. The Labute approximate surface area is 135 Å². The Hall–Kier alpha value is -0.240. The van der Waals surface area contributed by atoms with Gasteiger partial charge >= 0.3 is 0 Å². The highest BCUT2D eigenvalue weighted by Crippen LogP contribution is 2.19. The van der Waals surface area contributed by atoms with Crippen LogP contribution >= 0.6 is 0 Å². The summed E-state index contributed by atoms with van der Waals surface area (Å²) in [5, 5.41) is 0. The van der Waals surface area contributed by atoms with Crippen LogP contribution in [0.2, 0.25) is 0 Å². The van der Waals surface area contributed by atoms with Gasteiger partial charge in [-0.3, -0.25) is 0 Å². The van der Waals surface area contributed by atoms with E-state index in [-0.39, 0.29) is 30.7 Å². The quantitative estimate of drug-likeness (QED) is 0.457. The Morgan fingerprint density at radius 3 is 1.27 bits per heavy atom. The van der Waals surface area contributed by atoms with Crippen LogP contribution < -0.4 is 0 Å². The Kier molecular flexibility index (Phi) is 13.1. The van der Waals surface area contributed by atoms with Crippen LogP contribution in [0, 0.1) is 0 Å². The smallest absolute Gasteiger partial charge is 0.159 e. The molecule has 0 aromatic carbocycles. The molecule has 4 unspecified atom stereocenters. The Balaban J connectivity index is 4.46. The molecule has 0 rings (SSSR count). The highest BCUT2D eigenvalue weighted by Gasteiger charge is 2.24. The molecule has 0 radical (unpaired) electrons. The van der Waals surface area contributed by atoms with Crippen molar-refractivity contribution >= 4 is 0 Å². The molecular weight excluding hydrogens is 288 g/mol. The molecule has 0 spiro atoms. The zero-order valence-electron chi connectivity index (χ0n) is 15.2. The fourth-order valence-corrected chi connectivity index (χ4v) is 2.42. The van der Waals surface area contributed by atoms with Crippen molar-refractivity contribution in [3.8, 4) is 0 Å². The third kappa shape index (κ3) is 9.02. The Morgan fingerprint density at radius 2 is 0.909 bits per heavy atom. The molecule has 0 heterocycles. The van der Waals surface area contributed by atoms with Crippen LogP contribution in [0.15, 0.2) is 0 Å². The second-order valence-electron chi connectivity index (χ2n) is 5.46. The van der Waals surface area contributed by atoms with Crippen molar-refractivity contribution in [1.29, 1.82) is 0 Å². The predicted octanol–water partition coefficient (Wildman–Crippen LogP) is 2.25. The van der Waals surface area contributed by atoms with Gasteiger partial charge in [-0.1, -0.05) is 0 Å². The van der Waals surface area contributed by atoms with E-state index in [0.717, 1.165) is 19.3 Å². The number of rotatable bonds is 14. The summed E-state index contributed by atoms with van der Waals surface area (Å²) in [5.74, 6) is 0. The van der Waals surface area contributed by atoms with Crippen molar-refractivity contribution < 1.29 is 28.4 Å². The van der Waals surface area contributed by atoms with Crippen molar-refractivity contribution in [3.05, 3.63) is 0 Å². The molecule has 4 atom stereocenters. The van der Waals surface area contributed by atoms with E-state index in [9.17, 15) is 0 Å². The van der Waals surface area contributed by atoms with Crippen molar-refractivity contribution in [2.24, 2.45) is 0 Å². The average molecular weight is 322 g/mol. The summed E-state index contributed by atoms with van der Waals surface area (Å²) in [4.78, 5) is 0. The van der Waals surface area contributed by atoms with Crippen LogP contribution in [0.4, 0.5) is 0 Å². The van der Waals surface area contributed by atoms with Crippen molar-refractivity contribution in [2.75, 3.05) is 42.7 Å². The molecule has 134 valence electrons. The molecule has 22 heavy (non-hydrogen) atoms. The molecule has 0 aromatic rings. The predicted molar refractivity (Wildman–Crippen MR) is 85.1 cm³/mol. The molecule has 6 heteroatoms. The molecule has 0 aliphatic carbocycles. The molecule has 0 fully saturated rings. The van der Waals surface area contributed by atoms with Gasteiger partial charge in [0, 0.05) is 55.5 Å². The van der Waals surface area contributed by atoms with Gasteiger partial charge in [0.2, 0.25) is 0 Å². The van der Waals surface area contributed by atoms with Crippen LogP contribution in [-0.2, 0) is 28.4 Å². The van der Waals surface area contributed by atoms with Gasteiger partial charge < -0.3 is 28.4 Å². The fourth-order valence-electron chi connectivity index (χ4n) is 2.42. The first kappa shape index (κ1) is 21.8. The van der Waals surface area contributed by atoms with E-state index in [0.29, 0.717) is 6.42 Å². The van der Waals surface area contributed by atoms with Gasteiger partial charge in [-0.15, -0.1) is 0 Å².